The Morgan fingerprint density at radius 3 is 1.77 bits per heavy atom. The van der Waals surface area contributed by atoms with E-state index in [1.807, 2.05) is 0 Å². The van der Waals surface area contributed by atoms with Crippen LogP contribution < -0.4 is 0 Å². The summed E-state index contributed by atoms with van der Waals surface area (Å²) < 4.78 is 10.7. The third-order valence-electron chi connectivity index (χ3n) is 6.16. The molecule has 1 rings (SSSR count). The van der Waals surface area contributed by atoms with E-state index in [2.05, 4.69) is 20.1 Å². The molecule has 1 fully saturated rings. The van der Waals surface area contributed by atoms with E-state index in [0.717, 1.165) is 31.6 Å². The summed E-state index contributed by atoms with van der Waals surface area (Å²) in [5, 5.41) is 19.0. The summed E-state index contributed by atoms with van der Waals surface area (Å²) in [6.45, 7) is 12.5. The number of rotatable bonds is 13. The number of carbonyl (C=O) groups excluding carboxylic acids is 2. The average Bonchev–Trinajstić information content (AvgIpc) is 2.72. The number of aliphatic hydroxyl groups excluding tert-OH is 2. The maximum absolute atomic E-state index is 12.1. The fourth-order valence-corrected chi connectivity index (χ4v) is 3.84. The van der Waals surface area contributed by atoms with Gasteiger partial charge in [-0.3, -0.25) is 0 Å². The van der Waals surface area contributed by atoms with Crippen LogP contribution in [0.3, 0.4) is 0 Å². The predicted octanol–water partition coefficient (Wildman–Crippen LogP) is 3.95. The van der Waals surface area contributed by atoms with Gasteiger partial charge in [0.2, 0.25) is 0 Å². The zero-order valence-corrected chi connectivity index (χ0v) is 18.9. The smallest absolute Gasteiger partial charge is 0.336 e. The maximum atomic E-state index is 12.1. The molecule has 1 saturated carbocycles. The summed E-state index contributed by atoms with van der Waals surface area (Å²) in [5.74, 6) is -0.389. The summed E-state index contributed by atoms with van der Waals surface area (Å²) >= 11 is 0. The first kappa shape index (κ1) is 26.4. The molecule has 2 N–H and O–H groups in total. The number of esters is 2. The molecule has 1 aliphatic carbocycles. The zero-order chi connectivity index (χ0) is 22.7. The SMILES string of the molecule is C=C(C(=O)OCC(COC(=O)C(=C)C(C)O)C1CCC(CCCCC)CC1)C(C)O. The van der Waals surface area contributed by atoms with Crippen LogP contribution in [-0.4, -0.2) is 47.6 Å². The predicted molar refractivity (Wildman–Crippen MR) is 117 cm³/mol. The zero-order valence-electron chi connectivity index (χ0n) is 18.9. The van der Waals surface area contributed by atoms with Crippen molar-refractivity contribution in [2.75, 3.05) is 13.2 Å². The molecular weight excluding hydrogens is 384 g/mol. The number of unbranched alkanes of at least 4 members (excludes halogenated alkanes) is 2. The summed E-state index contributed by atoms with van der Waals surface area (Å²) in [7, 11) is 0. The molecule has 2 atom stereocenters. The largest absolute Gasteiger partial charge is 0.462 e. The highest BCUT2D eigenvalue weighted by molar-refractivity contribution is 5.89. The highest BCUT2D eigenvalue weighted by Gasteiger charge is 2.30. The lowest BCUT2D eigenvalue weighted by atomic mass is 9.75. The molecule has 0 amide bonds. The van der Waals surface area contributed by atoms with E-state index >= 15 is 0 Å². The van der Waals surface area contributed by atoms with Gasteiger partial charge in [0, 0.05) is 5.92 Å². The highest BCUT2D eigenvalue weighted by Crippen LogP contribution is 2.36. The van der Waals surface area contributed by atoms with Gasteiger partial charge in [0.15, 0.2) is 0 Å². The summed E-state index contributed by atoms with van der Waals surface area (Å²) in [5.41, 5.74) is 0.0146. The van der Waals surface area contributed by atoms with E-state index in [-0.39, 0.29) is 36.2 Å². The van der Waals surface area contributed by atoms with Crippen LogP contribution in [0.2, 0.25) is 0 Å². The molecule has 0 saturated heterocycles. The average molecular weight is 425 g/mol. The van der Waals surface area contributed by atoms with Crippen LogP contribution >= 0.6 is 0 Å². The summed E-state index contributed by atoms with van der Waals surface area (Å²) in [6, 6.07) is 0. The second kappa shape index (κ2) is 13.6. The molecule has 172 valence electrons. The van der Waals surface area contributed by atoms with E-state index in [9.17, 15) is 19.8 Å². The molecule has 0 heterocycles. The Balaban J connectivity index is 2.66. The van der Waals surface area contributed by atoms with Crippen molar-refractivity contribution in [1.29, 1.82) is 0 Å². The topological polar surface area (TPSA) is 93.1 Å². The standard InChI is InChI=1S/C24H40O6/c1-6-7-8-9-20-10-12-21(13-11-20)22(14-29-23(27)16(2)18(4)25)15-30-24(28)17(3)19(5)26/h18-22,25-26H,2-3,6-15H2,1,4-5H3. The third-order valence-corrected chi connectivity index (χ3v) is 6.16. The lowest BCUT2D eigenvalue weighted by Crippen LogP contribution is -2.32. The van der Waals surface area contributed by atoms with Crippen LogP contribution in [0.1, 0.15) is 72.1 Å². The van der Waals surface area contributed by atoms with Crippen molar-refractivity contribution in [3.05, 3.63) is 24.3 Å². The first-order valence-electron chi connectivity index (χ1n) is 11.2. The molecule has 0 aromatic carbocycles. The van der Waals surface area contributed by atoms with Crippen LogP contribution in [0.4, 0.5) is 0 Å². The summed E-state index contributed by atoms with van der Waals surface area (Å²) in [4.78, 5) is 24.1. The summed E-state index contributed by atoms with van der Waals surface area (Å²) in [6.07, 6.45) is 7.37. The van der Waals surface area contributed by atoms with Crippen LogP contribution in [0, 0.1) is 17.8 Å². The van der Waals surface area contributed by atoms with E-state index < -0.39 is 24.1 Å². The van der Waals surface area contributed by atoms with E-state index in [1.165, 1.54) is 39.5 Å². The van der Waals surface area contributed by atoms with Gasteiger partial charge in [-0.2, -0.15) is 0 Å². The van der Waals surface area contributed by atoms with E-state index in [1.54, 1.807) is 0 Å². The van der Waals surface area contributed by atoms with Crippen molar-refractivity contribution in [2.24, 2.45) is 17.8 Å². The van der Waals surface area contributed by atoms with Crippen molar-refractivity contribution < 1.29 is 29.3 Å². The van der Waals surface area contributed by atoms with Gasteiger partial charge in [0.25, 0.3) is 0 Å². The Hall–Kier alpha value is -1.66. The monoisotopic (exact) mass is 424 g/mol. The van der Waals surface area contributed by atoms with Crippen molar-refractivity contribution in [3.63, 3.8) is 0 Å². The normalized spacial score (nSPS) is 21.9. The molecule has 6 nitrogen and oxygen atoms in total. The minimum absolute atomic E-state index is 0.00728. The van der Waals surface area contributed by atoms with Gasteiger partial charge < -0.3 is 19.7 Å². The van der Waals surface area contributed by atoms with Crippen molar-refractivity contribution in [1.82, 2.24) is 0 Å². The highest BCUT2D eigenvalue weighted by atomic mass is 16.5. The third kappa shape index (κ3) is 9.00. The molecule has 30 heavy (non-hydrogen) atoms. The Kier molecular flexibility index (Phi) is 12.0. The van der Waals surface area contributed by atoms with Gasteiger partial charge in [-0.05, 0) is 38.5 Å². The molecule has 0 aliphatic heterocycles. The number of aliphatic hydroxyl groups is 2. The Morgan fingerprint density at radius 2 is 1.37 bits per heavy atom. The van der Waals surface area contributed by atoms with Crippen molar-refractivity contribution >= 4 is 11.9 Å². The van der Waals surface area contributed by atoms with Gasteiger partial charge in [0.1, 0.15) is 0 Å². The fourth-order valence-electron chi connectivity index (χ4n) is 3.84. The van der Waals surface area contributed by atoms with Crippen LogP contribution in [0.5, 0.6) is 0 Å². The van der Waals surface area contributed by atoms with Gasteiger partial charge >= 0.3 is 11.9 Å². The molecule has 2 unspecified atom stereocenters. The van der Waals surface area contributed by atoms with E-state index in [0.29, 0.717) is 0 Å². The number of ether oxygens (including phenoxy) is 2. The maximum Gasteiger partial charge on any atom is 0.336 e. The molecule has 0 radical (unpaired) electrons. The number of carbonyl (C=O) groups is 2. The lowest BCUT2D eigenvalue weighted by molar-refractivity contribution is -0.146. The molecule has 0 aromatic rings. The minimum atomic E-state index is -0.971. The van der Waals surface area contributed by atoms with Gasteiger partial charge in [-0.1, -0.05) is 58.6 Å². The minimum Gasteiger partial charge on any atom is -0.462 e. The number of hydrogen-bond acceptors (Lipinski definition) is 6. The molecule has 0 aromatic heterocycles. The Morgan fingerprint density at radius 1 is 0.900 bits per heavy atom. The first-order chi connectivity index (χ1) is 14.2. The molecule has 1 aliphatic rings. The van der Waals surface area contributed by atoms with E-state index in [4.69, 9.17) is 9.47 Å². The van der Waals surface area contributed by atoms with Crippen LogP contribution in [-0.2, 0) is 19.1 Å². The second-order valence-electron chi connectivity index (χ2n) is 8.64. The second-order valence-corrected chi connectivity index (χ2v) is 8.64. The van der Waals surface area contributed by atoms with Crippen LogP contribution in [0.25, 0.3) is 0 Å². The quantitative estimate of drug-likeness (QED) is 0.264. The van der Waals surface area contributed by atoms with Gasteiger partial charge in [0.05, 0.1) is 36.6 Å². The van der Waals surface area contributed by atoms with Gasteiger partial charge in [-0.25, -0.2) is 9.59 Å². The number of hydrogen-bond donors (Lipinski definition) is 2. The first-order valence-corrected chi connectivity index (χ1v) is 11.2. The van der Waals surface area contributed by atoms with Crippen molar-refractivity contribution in [3.8, 4) is 0 Å². The molecular formula is C24H40O6. The Labute approximate surface area is 181 Å². The molecule has 6 heteroatoms. The fraction of sp³-hybridized carbons (Fsp3) is 0.750. The molecule has 0 bridgehead atoms. The van der Waals surface area contributed by atoms with Crippen LogP contribution in [0.15, 0.2) is 24.3 Å². The van der Waals surface area contributed by atoms with Crippen molar-refractivity contribution in [2.45, 2.75) is 84.3 Å². The van der Waals surface area contributed by atoms with Gasteiger partial charge in [-0.15, -0.1) is 0 Å². The molecule has 0 spiro atoms. The Bertz CT molecular complexity index is 536. The lowest BCUT2D eigenvalue weighted by Gasteiger charge is -2.33.